The predicted octanol–water partition coefficient (Wildman–Crippen LogP) is -0.444. The van der Waals surface area contributed by atoms with Gasteiger partial charge < -0.3 is 21.7 Å². The molecule has 1 aromatic carbocycles. The summed E-state index contributed by atoms with van der Waals surface area (Å²) in [6.45, 7) is -0.463. The van der Waals surface area contributed by atoms with Crippen LogP contribution in [0.3, 0.4) is 0 Å². The lowest BCUT2D eigenvalue weighted by Gasteiger charge is -2.08. The van der Waals surface area contributed by atoms with Crippen LogP contribution in [0.15, 0.2) is 30.5 Å². The maximum Gasteiger partial charge on any atom is 0.320 e. The van der Waals surface area contributed by atoms with Crippen LogP contribution in [0.5, 0.6) is 0 Å². The van der Waals surface area contributed by atoms with E-state index in [9.17, 15) is 9.59 Å². The standard InChI is InChI=1S/C14H17N3O4/c15-10(14(20)21)5-8-6-17(13(19)11(16)7-18)12-4-2-1-3-9(8)12/h1-4,6,10-11,18H,5,7,15-16H2,(H,20,21)/t10-,11-/m0/s1. The summed E-state index contributed by atoms with van der Waals surface area (Å²) in [7, 11) is 0. The first kappa shape index (κ1) is 15.2. The van der Waals surface area contributed by atoms with Crippen molar-refractivity contribution >= 4 is 22.8 Å². The van der Waals surface area contributed by atoms with Crippen LogP contribution in [-0.2, 0) is 11.2 Å². The molecule has 2 aromatic rings. The lowest BCUT2D eigenvalue weighted by molar-refractivity contribution is -0.138. The van der Waals surface area contributed by atoms with Crippen molar-refractivity contribution in [1.29, 1.82) is 0 Å². The van der Waals surface area contributed by atoms with Crippen molar-refractivity contribution in [1.82, 2.24) is 4.57 Å². The molecule has 112 valence electrons. The van der Waals surface area contributed by atoms with Crippen LogP contribution in [0.4, 0.5) is 0 Å². The van der Waals surface area contributed by atoms with Crippen LogP contribution in [-0.4, -0.2) is 45.3 Å². The van der Waals surface area contributed by atoms with Crippen molar-refractivity contribution in [3.05, 3.63) is 36.0 Å². The van der Waals surface area contributed by atoms with E-state index in [0.29, 0.717) is 11.1 Å². The van der Waals surface area contributed by atoms with Gasteiger partial charge in [-0.15, -0.1) is 0 Å². The zero-order valence-electron chi connectivity index (χ0n) is 11.3. The molecule has 0 bridgehead atoms. The molecular weight excluding hydrogens is 274 g/mol. The first-order valence-corrected chi connectivity index (χ1v) is 6.43. The number of hydrogen-bond donors (Lipinski definition) is 4. The zero-order chi connectivity index (χ0) is 15.6. The third-order valence-corrected chi connectivity index (χ3v) is 3.30. The van der Waals surface area contributed by atoms with Crippen molar-refractivity contribution in [2.45, 2.75) is 18.5 Å². The van der Waals surface area contributed by atoms with Gasteiger partial charge in [0.25, 0.3) is 0 Å². The third kappa shape index (κ3) is 2.94. The molecule has 0 amide bonds. The topological polar surface area (TPSA) is 132 Å². The molecule has 2 rings (SSSR count). The summed E-state index contributed by atoms with van der Waals surface area (Å²) in [5.41, 5.74) is 12.4. The number of benzene rings is 1. The second-order valence-electron chi connectivity index (χ2n) is 4.82. The maximum absolute atomic E-state index is 12.2. The molecule has 21 heavy (non-hydrogen) atoms. The highest BCUT2D eigenvalue weighted by Gasteiger charge is 2.21. The molecule has 6 N–H and O–H groups in total. The van der Waals surface area contributed by atoms with E-state index in [1.54, 1.807) is 24.3 Å². The predicted molar refractivity (Wildman–Crippen MR) is 76.9 cm³/mol. The monoisotopic (exact) mass is 291 g/mol. The molecular formula is C14H17N3O4. The van der Waals surface area contributed by atoms with E-state index >= 15 is 0 Å². The molecule has 0 aliphatic rings. The van der Waals surface area contributed by atoms with Crippen LogP contribution < -0.4 is 11.5 Å². The third-order valence-electron chi connectivity index (χ3n) is 3.30. The molecule has 0 saturated carbocycles. The van der Waals surface area contributed by atoms with Gasteiger partial charge in [-0.3, -0.25) is 14.2 Å². The SMILES string of the molecule is N[C@@H](Cc1cn(C(=O)[C@@H](N)CO)c2ccccc12)C(=O)O. The zero-order valence-corrected chi connectivity index (χ0v) is 11.3. The van der Waals surface area contributed by atoms with E-state index in [1.165, 1.54) is 10.8 Å². The maximum atomic E-state index is 12.2. The number of nitrogens with two attached hydrogens (primary N) is 2. The number of aliphatic hydroxyl groups excluding tert-OH is 1. The number of carboxylic acids is 1. The molecule has 0 radical (unpaired) electrons. The normalized spacial score (nSPS) is 14.0. The van der Waals surface area contributed by atoms with E-state index in [-0.39, 0.29) is 6.42 Å². The van der Waals surface area contributed by atoms with E-state index in [2.05, 4.69) is 0 Å². The number of fused-ring (bicyclic) bond motifs is 1. The number of aliphatic hydroxyl groups is 1. The minimum Gasteiger partial charge on any atom is -0.480 e. The number of carboxylic acid groups (broad SMARTS) is 1. The highest BCUT2D eigenvalue weighted by molar-refractivity contribution is 5.96. The van der Waals surface area contributed by atoms with Crippen LogP contribution >= 0.6 is 0 Å². The number of hydrogen-bond acceptors (Lipinski definition) is 5. The summed E-state index contributed by atoms with van der Waals surface area (Å²) in [6, 6.07) is 4.99. The average Bonchev–Trinajstić information content (AvgIpc) is 2.84. The summed E-state index contributed by atoms with van der Waals surface area (Å²) >= 11 is 0. The van der Waals surface area contributed by atoms with Gasteiger partial charge in [0.05, 0.1) is 12.1 Å². The fraction of sp³-hybridized carbons (Fsp3) is 0.286. The van der Waals surface area contributed by atoms with E-state index in [4.69, 9.17) is 21.7 Å². The van der Waals surface area contributed by atoms with Gasteiger partial charge in [0.15, 0.2) is 0 Å². The van der Waals surface area contributed by atoms with Gasteiger partial charge in [0.1, 0.15) is 12.1 Å². The molecule has 0 spiro atoms. The van der Waals surface area contributed by atoms with E-state index < -0.39 is 30.6 Å². The van der Waals surface area contributed by atoms with Crippen LogP contribution in [0, 0.1) is 0 Å². The number of rotatable bonds is 5. The Morgan fingerprint density at radius 1 is 1.19 bits per heavy atom. The Kier molecular flexibility index (Phi) is 4.37. The minimum absolute atomic E-state index is 0.102. The molecule has 0 fully saturated rings. The van der Waals surface area contributed by atoms with Crippen molar-refractivity contribution in [2.75, 3.05) is 6.61 Å². The van der Waals surface area contributed by atoms with Gasteiger partial charge in [-0.25, -0.2) is 0 Å². The quantitative estimate of drug-likeness (QED) is 0.590. The molecule has 1 heterocycles. The van der Waals surface area contributed by atoms with Crippen molar-refractivity contribution < 1.29 is 19.8 Å². The Bertz CT molecular complexity index is 680. The van der Waals surface area contributed by atoms with Crippen molar-refractivity contribution in [3.8, 4) is 0 Å². The Balaban J connectivity index is 2.48. The molecule has 0 unspecified atom stereocenters. The lowest BCUT2D eigenvalue weighted by Crippen LogP contribution is -2.37. The Morgan fingerprint density at radius 3 is 2.48 bits per heavy atom. The van der Waals surface area contributed by atoms with Gasteiger partial charge in [-0.1, -0.05) is 18.2 Å². The largest absolute Gasteiger partial charge is 0.480 e. The molecule has 7 heteroatoms. The first-order chi connectivity index (χ1) is 9.95. The second kappa shape index (κ2) is 6.04. The number of para-hydroxylation sites is 1. The van der Waals surface area contributed by atoms with Gasteiger partial charge in [-0.2, -0.15) is 0 Å². The smallest absolute Gasteiger partial charge is 0.320 e. The van der Waals surface area contributed by atoms with Gasteiger partial charge >= 0.3 is 5.97 Å². The van der Waals surface area contributed by atoms with Crippen LogP contribution in [0.25, 0.3) is 10.9 Å². The summed E-state index contributed by atoms with van der Waals surface area (Å²) in [5.74, 6) is -1.56. The molecule has 2 atom stereocenters. The Hall–Kier alpha value is -2.22. The van der Waals surface area contributed by atoms with Gasteiger partial charge in [-0.05, 0) is 11.6 Å². The van der Waals surface area contributed by atoms with Gasteiger partial charge in [0.2, 0.25) is 5.91 Å². The first-order valence-electron chi connectivity index (χ1n) is 6.43. The highest BCUT2D eigenvalue weighted by atomic mass is 16.4. The average molecular weight is 291 g/mol. The Labute approximate surface area is 120 Å². The number of carbonyl (C=O) groups is 2. The van der Waals surface area contributed by atoms with Crippen LogP contribution in [0.1, 0.15) is 10.4 Å². The fourth-order valence-electron chi connectivity index (χ4n) is 2.18. The summed E-state index contributed by atoms with van der Waals surface area (Å²) in [4.78, 5) is 23.0. The highest BCUT2D eigenvalue weighted by Crippen LogP contribution is 2.22. The number of carbonyl (C=O) groups excluding carboxylic acids is 1. The number of aliphatic carboxylic acids is 1. The van der Waals surface area contributed by atoms with E-state index in [0.717, 1.165) is 5.39 Å². The molecule has 0 aliphatic heterocycles. The lowest BCUT2D eigenvalue weighted by atomic mass is 10.1. The number of aromatic nitrogens is 1. The summed E-state index contributed by atoms with van der Waals surface area (Å²) in [6.07, 6.45) is 1.63. The van der Waals surface area contributed by atoms with Crippen LogP contribution in [0.2, 0.25) is 0 Å². The van der Waals surface area contributed by atoms with Crippen molar-refractivity contribution in [2.24, 2.45) is 11.5 Å². The molecule has 0 saturated heterocycles. The molecule has 1 aromatic heterocycles. The Morgan fingerprint density at radius 2 is 1.86 bits per heavy atom. The fourth-order valence-corrected chi connectivity index (χ4v) is 2.18. The summed E-state index contributed by atoms with van der Waals surface area (Å²) in [5, 5.41) is 18.7. The minimum atomic E-state index is -1.11. The number of nitrogens with zero attached hydrogens (tertiary/aromatic N) is 1. The van der Waals surface area contributed by atoms with E-state index in [1.807, 2.05) is 0 Å². The molecule has 7 nitrogen and oxygen atoms in total. The second-order valence-corrected chi connectivity index (χ2v) is 4.82. The molecule has 0 aliphatic carbocycles. The summed E-state index contributed by atoms with van der Waals surface area (Å²) < 4.78 is 1.33. The van der Waals surface area contributed by atoms with Gasteiger partial charge in [0, 0.05) is 18.0 Å². The van der Waals surface area contributed by atoms with Crippen molar-refractivity contribution in [3.63, 3.8) is 0 Å².